The summed E-state index contributed by atoms with van der Waals surface area (Å²) in [4.78, 5) is 28.2. The second-order valence-electron chi connectivity index (χ2n) is 5.35. The summed E-state index contributed by atoms with van der Waals surface area (Å²) in [6.07, 6.45) is 0. The Morgan fingerprint density at radius 1 is 1.29 bits per heavy atom. The second kappa shape index (κ2) is 6.91. The number of carboxylic acids is 1. The zero-order chi connectivity index (χ0) is 15.4. The molecule has 1 fully saturated rings. The van der Waals surface area contributed by atoms with Gasteiger partial charge in [0.15, 0.2) is 6.04 Å². The van der Waals surface area contributed by atoms with Crippen molar-refractivity contribution in [3.05, 3.63) is 22.4 Å². The van der Waals surface area contributed by atoms with E-state index in [1.54, 1.807) is 22.4 Å². The third-order valence-corrected chi connectivity index (χ3v) is 4.61. The highest BCUT2D eigenvalue weighted by Gasteiger charge is 2.27. The smallest absolute Gasteiger partial charge is 0.331 e. The Kier molecular flexibility index (Phi) is 5.19. The molecule has 0 saturated carbocycles. The first-order valence-corrected chi connectivity index (χ1v) is 7.92. The SMILES string of the molecule is CC(C)N1CCN(C(=O)NC(C(=O)O)c2cccs2)CC1. The minimum atomic E-state index is -1.04. The van der Waals surface area contributed by atoms with Crippen LogP contribution in [0.5, 0.6) is 0 Å². The molecule has 1 aromatic rings. The fourth-order valence-corrected chi connectivity index (χ4v) is 3.13. The summed E-state index contributed by atoms with van der Waals surface area (Å²) in [5.41, 5.74) is 0. The molecule has 116 valence electrons. The minimum absolute atomic E-state index is 0.306. The van der Waals surface area contributed by atoms with Crippen LogP contribution in [0.2, 0.25) is 0 Å². The summed E-state index contributed by atoms with van der Waals surface area (Å²) in [5, 5.41) is 13.7. The van der Waals surface area contributed by atoms with Crippen molar-refractivity contribution in [3.8, 4) is 0 Å². The third kappa shape index (κ3) is 3.95. The number of nitrogens with one attached hydrogen (secondary N) is 1. The summed E-state index contributed by atoms with van der Waals surface area (Å²) >= 11 is 1.33. The molecule has 0 aliphatic carbocycles. The number of amides is 2. The summed E-state index contributed by atoms with van der Waals surface area (Å²) in [6.45, 7) is 7.16. The molecule has 0 spiro atoms. The highest BCUT2D eigenvalue weighted by molar-refractivity contribution is 7.10. The van der Waals surface area contributed by atoms with Gasteiger partial charge in [-0.2, -0.15) is 0 Å². The number of aliphatic carboxylic acids is 1. The van der Waals surface area contributed by atoms with Crippen LogP contribution in [-0.4, -0.2) is 59.1 Å². The van der Waals surface area contributed by atoms with Gasteiger partial charge in [0.1, 0.15) is 0 Å². The molecule has 0 bridgehead atoms. The first-order valence-electron chi connectivity index (χ1n) is 7.04. The summed E-state index contributed by atoms with van der Waals surface area (Å²) in [7, 11) is 0. The van der Waals surface area contributed by atoms with Gasteiger partial charge in [-0.1, -0.05) is 6.07 Å². The Balaban J connectivity index is 1.93. The Bertz CT molecular complexity index is 482. The van der Waals surface area contributed by atoms with E-state index in [1.165, 1.54) is 11.3 Å². The Labute approximate surface area is 128 Å². The number of nitrogens with zero attached hydrogens (tertiary/aromatic N) is 2. The van der Waals surface area contributed by atoms with Crippen molar-refractivity contribution < 1.29 is 14.7 Å². The van der Waals surface area contributed by atoms with Gasteiger partial charge in [-0.3, -0.25) is 4.90 Å². The van der Waals surface area contributed by atoms with Crippen molar-refractivity contribution >= 4 is 23.3 Å². The quantitative estimate of drug-likeness (QED) is 0.886. The molecule has 1 aliphatic heterocycles. The van der Waals surface area contributed by atoms with Crippen LogP contribution in [0.25, 0.3) is 0 Å². The average molecular weight is 311 g/mol. The van der Waals surface area contributed by atoms with Crippen molar-refractivity contribution in [3.63, 3.8) is 0 Å². The van der Waals surface area contributed by atoms with E-state index >= 15 is 0 Å². The van der Waals surface area contributed by atoms with Crippen molar-refractivity contribution in [2.45, 2.75) is 25.9 Å². The van der Waals surface area contributed by atoms with Gasteiger partial charge in [0, 0.05) is 37.1 Å². The first-order chi connectivity index (χ1) is 9.99. The highest BCUT2D eigenvalue weighted by Crippen LogP contribution is 2.19. The minimum Gasteiger partial charge on any atom is -0.479 e. The lowest BCUT2D eigenvalue weighted by Crippen LogP contribution is -2.54. The Morgan fingerprint density at radius 2 is 1.95 bits per heavy atom. The van der Waals surface area contributed by atoms with E-state index in [0.29, 0.717) is 24.0 Å². The lowest BCUT2D eigenvalue weighted by Gasteiger charge is -2.37. The molecule has 2 amide bonds. The van der Waals surface area contributed by atoms with Crippen LogP contribution in [-0.2, 0) is 4.79 Å². The number of hydrogen-bond donors (Lipinski definition) is 2. The van der Waals surface area contributed by atoms with Gasteiger partial charge in [-0.25, -0.2) is 9.59 Å². The molecule has 1 saturated heterocycles. The topological polar surface area (TPSA) is 72.9 Å². The molecule has 2 N–H and O–H groups in total. The number of urea groups is 1. The first kappa shape index (κ1) is 15.8. The van der Waals surface area contributed by atoms with Crippen molar-refractivity contribution in [2.24, 2.45) is 0 Å². The fourth-order valence-electron chi connectivity index (χ4n) is 2.37. The lowest BCUT2D eigenvalue weighted by molar-refractivity contribution is -0.139. The van der Waals surface area contributed by atoms with Gasteiger partial charge in [0.25, 0.3) is 0 Å². The Morgan fingerprint density at radius 3 is 2.43 bits per heavy atom. The van der Waals surface area contributed by atoms with Crippen molar-refractivity contribution in [2.75, 3.05) is 26.2 Å². The number of carbonyl (C=O) groups excluding carboxylic acids is 1. The van der Waals surface area contributed by atoms with Crippen molar-refractivity contribution in [1.82, 2.24) is 15.1 Å². The van der Waals surface area contributed by atoms with Crippen LogP contribution in [0.1, 0.15) is 24.8 Å². The van der Waals surface area contributed by atoms with Gasteiger partial charge in [-0.15, -0.1) is 11.3 Å². The van der Waals surface area contributed by atoms with Crippen LogP contribution < -0.4 is 5.32 Å². The Hall–Kier alpha value is -1.60. The maximum absolute atomic E-state index is 12.2. The third-order valence-electron chi connectivity index (χ3n) is 3.67. The number of carboxylic acid groups (broad SMARTS) is 1. The van der Waals surface area contributed by atoms with Gasteiger partial charge < -0.3 is 15.3 Å². The molecule has 7 heteroatoms. The molecule has 1 unspecified atom stereocenters. The van der Waals surface area contributed by atoms with Crippen molar-refractivity contribution in [1.29, 1.82) is 0 Å². The number of piperazine rings is 1. The van der Waals surface area contributed by atoms with Gasteiger partial charge in [0.2, 0.25) is 0 Å². The normalized spacial score (nSPS) is 17.8. The largest absolute Gasteiger partial charge is 0.479 e. The van der Waals surface area contributed by atoms with Gasteiger partial charge >= 0.3 is 12.0 Å². The van der Waals surface area contributed by atoms with Gasteiger partial charge in [0.05, 0.1) is 0 Å². The van der Waals surface area contributed by atoms with E-state index in [1.807, 2.05) is 0 Å². The molecule has 0 radical (unpaired) electrons. The van der Waals surface area contributed by atoms with Crippen LogP contribution >= 0.6 is 11.3 Å². The number of thiophene rings is 1. The van der Waals surface area contributed by atoms with E-state index in [0.717, 1.165) is 13.1 Å². The molecule has 2 heterocycles. The molecule has 1 aromatic heterocycles. The van der Waals surface area contributed by atoms with E-state index in [2.05, 4.69) is 24.1 Å². The monoisotopic (exact) mass is 311 g/mol. The predicted molar refractivity (Wildman–Crippen MR) is 81.5 cm³/mol. The average Bonchev–Trinajstić information content (AvgIpc) is 2.98. The molecule has 1 aliphatic rings. The molecule has 1 atom stereocenters. The summed E-state index contributed by atoms with van der Waals surface area (Å²) < 4.78 is 0. The zero-order valence-electron chi connectivity index (χ0n) is 12.3. The molecular formula is C14H21N3O3S. The molecule has 6 nitrogen and oxygen atoms in total. The fraction of sp³-hybridized carbons (Fsp3) is 0.571. The predicted octanol–water partition coefficient (Wildman–Crippen LogP) is 1.61. The van der Waals surface area contributed by atoms with Gasteiger partial charge in [-0.05, 0) is 25.3 Å². The van der Waals surface area contributed by atoms with E-state index in [4.69, 9.17) is 0 Å². The summed E-state index contributed by atoms with van der Waals surface area (Å²) in [5.74, 6) is -1.04. The summed E-state index contributed by atoms with van der Waals surface area (Å²) in [6, 6.07) is 2.69. The van der Waals surface area contributed by atoms with E-state index in [-0.39, 0.29) is 6.03 Å². The van der Waals surface area contributed by atoms with Crippen LogP contribution in [0.3, 0.4) is 0 Å². The zero-order valence-corrected chi connectivity index (χ0v) is 13.1. The maximum Gasteiger partial charge on any atom is 0.331 e. The number of hydrogen-bond acceptors (Lipinski definition) is 4. The molecule has 0 aromatic carbocycles. The maximum atomic E-state index is 12.2. The number of rotatable bonds is 4. The lowest BCUT2D eigenvalue weighted by atomic mass is 10.2. The standard InChI is InChI=1S/C14H21N3O3S/c1-10(2)16-5-7-17(8-6-16)14(20)15-12(13(18)19)11-4-3-9-21-11/h3-4,9-10,12H,5-8H2,1-2H3,(H,15,20)(H,18,19). The highest BCUT2D eigenvalue weighted by atomic mass is 32.1. The second-order valence-corrected chi connectivity index (χ2v) is 6.33. The molecule has 2 rings (SSSR count). The molecule has 21 heavy (non-hydrogen) atoms. The van der Waals surface area contributed by atoms with Crippen LogP contribution in [0.15, 0.2) is 17.5 Å². The van der Waals surface area contributed by atoms with E-state index < -0.39 is 12.0 Å². The van der Waals surface area contributed by atoms with Crippen LogP contribution in [0, 0.1) is 0 Å². The van der Waals surface area contributed by atoms with Crippen LogP contribution in [0.4, 0.5) is 4.79 Å². The molecular weight excluding hydrogens is 290 g/mol. The van der Waals surface area contributed by atoms with E-state index in [9.17, 15) is 14.7 Å². The number of carbonyl (C=O) groups is 2.